The Morgan fingerprint density at radius 3 is 3.14 bits per heavy atom. The zero-order valence-corrected chi connectivity index (χ0v) is 13.0. The number of carbonyl (C=O) groups is 1. The molecule has 2 aromatic rings. The van der Waals surface area contributed by atoms with Crippen LogP contribution in [0.15, 0.2) is 34.9 Å². The first kappa shape index (κ1) is 14.1. The molecule has 1 unspecified atom stereocenters. The minimum absolute atomic E-state index is 0.0232. The number of nitrogens with zero attached hydrogens (tertiary/aromatic N) is 2. The van der Waals surface area contributed by atoms with Crippen LogP contribution in [0, 0.1) is 0 Å². The van der Waals surface area contributed by atoms with Crippen LogP contribution in [-0.2, 0) is 0 Å². The maximum Gasteiger partial charge on any atom is 0.407 e. The third-order valence-electron chi connectivity index (χ3n) is 3.85. The van der Waals surface area contributed by atoms with Gasteiger partial charge in [0.15, 0.2) is 0 Å². The van der Waals surface area contributed by atoms with E-state index in [1.807, 2.05) is 24.3 Å². The molecule has 0 spiro atoms. The summed E-state index contributed by atoms with van der Waals surface area (Å²) in [7, 11) is 0. The lowest BCUT2D eigenvalue weighted by atomic mass is 10.1. The fraction of sp³-hybridized carbons (Fsp3) is 0.333. The molecule has 0 bridgehead atoms. The Bertz CT molecular complexity index is 677. The molecule has 1 aliphatic heterocycles. The highest BCUT2D eigenvalue weighted by molar-refractivity contribution is 9.10. The number of anilines is 1. The van der Waals surface area contributed by atoms with E-state index in [0.717, 1.165) is 33.9 Å². The van der Waals surface area contributed by atoms with Crippen LogP contribution in [0.25, 0.3) is 10.8 Å². The summed E-state index contributed by atoms with van der Waals surface area (Å²) in [6, 6.07) is 8.02. The molecule has 110 valence electrons. The molecule has 6 heteroatoms. The van der Waals surface area contributed by atoms with Crippen molar-refractivity contribution in [2.75, 3.05) is 18.4 Å². The Morgan fingerprint density at radius 1 is 1.48 bits per heavy atom. The van der Waals surface area contributed by atoms with Crippen LogP contribution in [-0.4, -0.2) is 40.2 Å². The van der Waals surface area contributed by atoms with Crippen molar-refractivity contribution in [3.8, 4) is 0 Å². The van der Waals surface area contributed by atoms with Crippen LogP contribution < -0.4 is 5.32 Å². The maximum absolute atomic E-state index is 11.2. The molecule has 21 heavy (non-hydrogen) atoms. The molecule has 0 aliphatic carbocycles. The number of rotatable bonds is 3. The summed E-state index contributed by atoms with van der Waals surface area (Å²) in [5.41, 5.74) is 0. The van der Waals surface area contributed by atoms with Crippen molar-refractivity contribution in [1.82, 2.24) is 9.88 Å². The van der Waals surface area contributed by atoms with Crippen LogP contribution in [0.4, 0.5) is 10.6 Å². The average Bonchev–Trinajstić information content (AvgIpc) is 2.93. The number of nitrogens with one attached hydrogen (secondary N) is 1. The van der Waals surface area contributed by atoms with Crippen molar-refractivity contribution in [3.05, 3.63) is 34.9 Å². The second kappa shape index (κ2) is 5.89. The van der Waals surface area contributed by atoms with E-state index in [1.54, 1.807) is 6.20 Å². The van der Waals surface area contributed by atoms with Gasteiger partial charge in [-0.3, -0.25) is 0 Å². The van der Waals surface area contributed by atoms with Gasteiger partial charge in [0.25, 0.3) is 0 Å². The van der Waals surface area contributed by atoms with E-state index in [1.165, 1.54) is 4.90 Å². The minimum atomic E-state index is -0.839. The van der Waals surface area contributed by atoms with Crippen LogP contribution >= 0.6 is 15.9 Å². The number of fused-ring (bicyclic) bond motifs is 1. The van der Waals surface area contributed by atoms with Gasteiger partial charge in [-0.2, -0.15) is 0 Å². The van der Waals surface area contributed by atoms with Gasteiger partial charge in [0.1, 0.15) is 5.82 Å². The summed E-state index contributed by atoms with van der Waals surface area (Å²) < 4.78 is 1.03. The second-order valence-electron chi connectivity index (χ2n) is 5.18. The van der Waals surface area contributed by atoms with Crippen LogP contribution in [0.2, 0.25) is 0 Å². The average molecular weight is 350 g/mol. The van der Waals surface area contributed by atoms with Crippen molar-refractivity contribution in [3.63, 3.8) is 0 Å². The number of halogens is 1. The number of likely N-dealkylation sites (tertiary alicyclic amines) is 1. The van der Waals surface area contributed by atoms with Crippen LogP contribution in [0.3, 0.4) is 0 Å². The van der Waals surface area contributed by atoms with E-state index in [-0.39, 0.29) is 6.04 Å². The summed E-state index contributed by atoms with van der Waals surface area (Å²) in [5, 5.41) is 14.6. The fourth-order valence-electron chi connectivity index (χ4n) is 2.80. The molecule has 1 atom stereocenters. The first-order valence-electron chi connectivity index (χ1n) is 6.93. The lowest BCUT2D eigenvalue weighted by molar-refractivity contribution is 0.142. The maximum atomic E-state index is 11.2. The zero-order valence-electron chi connectivity index (χ0n) is 11.4. The highest BCUT2D eigenvalue weighted by atomic mass is 79.9. The Morgan fingerprint density at radius 2 is 2.33 bits per heavy atom. The minimum Gasteiger partial charge on any atom is -0.465 e. The van der Waals surface area contributed by atoms with E-state index < -0.39 is 6.09 Å². The predicted molar refractivity (Wildman–Crippen MR) is 85.7 cm³/mol. The summed E-state index contributed by atoms with van der Waals surface area (Å²) in [4.78, 5) is 17.0. The lowest BCUT2D eigenvalue weighted by Crippen LogP contribution is -2.38. The van der Waals surface area contributed by atoms with E-state index in [4.69, 9.17) is 5.11 Å². The number of amides is 1. The molecule has 0 saturated carbocycles. The van der Waals surface area contributed by atoms with Crippen molar-refractivity contribution in [2.45, 2.75) is 18.9 Å². The van der Waals surface area contributed by atoms with E-state index in [2.05, 4.69) is 26.2 Å². The SMILES string of the molecule is O=C(O)N1CCCC1CNc1nccc2cc(Br)ccc12. The predicted octanol–water partition coefficient (Wildman–Crippen LogP) is 3.55. The third-order valence-corrected chi connectivity index (χ3v) is 4.35. The number of hydrogen-bond acceptors (Lipinski definition) is 3. The van der Waals surface area contributed by atoms with E-state index in [9.17, 15) is 4.79 Å². The fourth-order valence-corrected chi connectivity index (χ4v) is 3.18. The first-order valence-corrected chi connectivity index (χ1v) is 7.72. The van der Waals surface area contributed by atoms with Crippen LogP contribution in [0.5, 0.6) is 0 Å². The zero-order chi connectivity index (χ0) is 14.8. The van der Waals surface area contributed by atoms with Crippen molar-refractivity contribution < 1.29 is 9.90 Å². The molecule has 0 radical (unpaired) electrons. The second-order valence-corrected chi connectivity index (χ2v) is 6.09. The standard InChI is InChI=1S/C15H16BrN3O2/c16-11-3-4-13-10(8-11)5-6-17-14(13)18-9-12-2-1-7-19(12)15(20)21/h3-6,8,12H,1-2,7,9H2,(H,17,18)(H,20,21). The van der Waals surface area contributed by atoms with Gasteiger partial charge >= 0.3 is 6.09 Å². The Labute approximate surface area is 131 Å². The summed E-state index contributed by atoms with van der Waals surface area (Å²) in [6.07, 6.45) is 2.75. The molecule has 1 aromatic heterocycles. The molecule has 1 amide bonds. The van der Waals surface area contributed by atoms with Gasteiger partial charge in [0, 0.05) is 29.1 Å². The van der Waals surface area contributed by atoms with Crippen molar-refractivity contribution >= 4 is 38.6 Å². The van der Waals surface area contributed by atoms with Gasteiger partial charge in [-0.05, 0) is 42.5 Å². The van der Waals surface area contributed by atoms with Gasteiger partial charge in [0.2, 0.25) is 0 Å². The van der Waals surface area contributed by atoms with Crippen molar-refractivity contribution in [2.24, 2.45) is 0 Å². The van der Waals surface area contributed by atoms with Crippen LogP contribution in [0.1, 0.15) is 12.8 Å². The quantitative estimate of drug-likeness (QED) is 0.889. The molecule has 2 heterocycles. The molecule has 1 saturated heterocycles. The molecule has 5 nitrogen and oxygen atoms in total. The molecule has 1 aromatic carbocycles. The van der Waals surface area contributed by atoms with Gasteiger partial charge in [-0.25, -0.2) is 9.78 Å². The third kappa shape index (κ3) is 2.95. The van der Waals surface area contributed by atoms with E-state index in [0.29, 0.717) is 13.1 Å². The Balaban J connectivity index is 1.78. The number of carboxylic acid groups (broad SMARTS) is 1. The summed E-state index contributed by atoms with van der Waals surface area (Å²) >= 11 is 3.46. The molecule has 1 aliphatic rings. The van der Waals surface area contributed by atoms with Gasteiger partial charge in [-0.15, -0.1) is 0 Å². The summed E-state index contributed by atoms with van der Waals surface area (Å²) in [6.45, 7) is 1.21. The molecule has 1 fully saturated rings. The normalized spacial score (nSPS) is 18.1. The van der Waals surface area contributed by atoms with Gasteiger partial charge in [0.05, 0.1) is 6.04 Å². The number of benzene rings is 1. The molecular weight excluding hydrogens is 334 g/mol. The first-order chi connectivity index (χ1) is 10.1. The van der Waals surface area contributed by atoms with Crippen molar-refractivity contribution in [1.29, 1.82) is 0 Å². The topological polar surface area (TPSA) is 65.5 Å². The van der Waals surface area contributed by atoms with E-state index >= 15 is 0 Å². The number of pyridine rings is 1. The van der Waals surface area contributed by atoms with Gasteiger partial charge in [-0.1, -0.05) is 15.9 Å². The highest BCUT2D eigenvalue weighted by Gasteiger charge is 2.28. The molecule has 2 N–H and O–H groups in total. The Kier molecular flexibility index (Phi) is 3.96. The highest BCUT2D eigenvalue weighted by Crippen LogP contribution is 2.25. The Hall–Kier alpha value is -1.82. The molecular formula is C15H16BrN3O2. The van der Waals surface area contributed by atoms with Gasteiger partial charge < -0.3 is 15.3 Å². The number of aromatic nitrogens is 1. The smallest absolute Gasteiger partial charge is 0.407 e. The molecule has 3 rings (SSSR count). The number of hydrogen-bond donors (Lipinski definition) is 2. The monoisotopic (exact) mass is 349 g/mol. The largest absolute Gasteiger partial charge is 0.465 e. The summed E-state index contributed by atoms with van der Waals surface area (Å²) in [5.74, 6) is 0.803. The lowest BCUT2D eigenvalue weighted by Gasteiger charge is -2.22.